The summed E-state index contributed by atoms with van der Waals surface area (Å²) in [7, 11) is 0. The third-order valence-corrected chi connectivity index (χ3v) is 4.30. The number of carbonyl (C=O) groups excluding carboxylic acids is 1. The van der Waals surface area contributed by atoms with Gasteiger partial charge in [0.2, 0.25) is 12.3 Å². The van der Waals surface area contributed by atoms with Crippen molar-refractivity contribution in [3.8, 4) is 0 Å². The standard InChI is InChI=1S/C13H20N4O2/c1-8(12-14-7-19-17-12)15-13(18)11-6-9-4-2-3-5-10(9)16-11/h7-11,16H,2-6H2,1H3,(H,15,18). The molecule has 0 spiro atoms. The number of hydrogen-bond acceptors (Lipinski definition) is 5. The van der Waals surface area contributed by atoms with E-state index in [4.69, 9.17) is 4.52 Å². The van der Waals surface area contributed by atoms with Crippen molar-refractivity contribution >= 4 is 5.91 Å². The van der Waals surface area contributed by atoms with Crippen molar-refractivity contribution in [3.63, 3.8) is 0 Å². The first-order valence-corrected chi connectivity index (χ1v) is 7.06. The summed E-state index contributed by atoms with van der Waals surface area (Å²) < 4.78 is 4.69. The Kier molecular flexibility index (Phi) is 3.50. The van der Waals surface area contributed by atoms with Crippen LogP contribution in [0.1, 0.15) is 50.9 Å². The van der Waals surface area contributed by atoms with Crippen LogP contribution >= 0.6 is 0 Å². The number of aromatic nitrogens is 2. The highest BCUT2D eigenvalue weighted by molar-refractivity contribution is 5.82. The molecule has 2 aliphatic rings. The SMILES string of the molecule is CC(NC(=O)C1CC2CCCCC2N1)c1ncon1. The molecule has 19 heavy (non-hydrogen) atoms. The van der Waals surface area contributed by atoms with Gasteiger partial charge in [0.1, 0.15) is 0 Å². The summed E-state index contributed by atoms with van der Waals surface area (Å²) in [4.78, 5) is 16.2. The van der Waals surface area contributed by atoms with Gasteiger partial charge in [-0.15, -0.1) is 0 Å². The summed E-state index contributed by atoms with van der Waals surface area (Å²) in [5, 5.41) is 10.2. The van der Waals surface area contributed by atoms with E-state index in [2.05, 4.69) is 20.8 Å². The highest BCUT2D eigenvalue weighted by atomic mass is 16.5. The van der Waals surface area contributed by atoms with Crippen LogP contribution in [0.4, 0.5) is 0 Å². The van der Waals surface area contributed by atoms with Gasteiger partial charge in [-0.3, -0.25) is 4.79 Å². The van der Waals surface area contributed by atoms with Gasteiger partial charge < -0.3 is 15.2 Å². The molecule has 2 fully saturated rings. The number of carbonyl (C=O) groups is 1. The van der Waals surface area contributed by atoms with Gasteiger partial charge in [0.15, 0.2) is 5.82 Å². The lowest BCUT2D eigenvalue weighted by Crippen LogP contribution is -2.44. The van der Waals surface area contributed by atoms with E-state index in [1.54, 1.807) is 0 Å². The number of nitrogens with zero attached hydrogens (tertiary/aromatic N) is 2. The molecule has 2 N–H and O–H groups in total. The van der Waals surface area contributed by atoms with E-state index in [1.807, 2.05) is 6.92 Å². The topological polar surface area (TPSA) is 80.0 Å². The molecular formula is C13H20N4O2. The Morgan fingerprint density at radius 3 is 3.11 bits per heavy atom. The van der Waals surface area contributed by atoms with Crippen LogP contribution in [0.5, 0.6) is 0 Å². The van der Waals surface area contributed by atoms with Crippen LogP contribution < -0.4 is 10.6 Å². The van der Waals surface area contributed by atoms with Gasteiger partial charge >= 0.3 is 0 Å². The van der Waals surface area contributed by atoms with Crippen molar-refractivity contribution in [3.05, 3.63) is 12.2 Å². The van der Waals surface area contributed by atoms with Crippen LogP contribution in [0.2, 0.25) is 0 Å². The second kappa shape index (κ2) is 5.28. The zero-order chi connectivity index (χ0) is 13.2. The van der Waals surface area contributed by atoms with E-state index in [-0.39, 0.29) is 18.0 Å². The van der Waals surface area contributed by atoms with Crippen LogP contribution in [0, 0.1) is 5.92 Å². The van der Waals surface area contributed by atoms with Gasteiger partial charge in [-0.25, -0.2) is 0 Å². The first kappa shape index (κ1) is 12.6. The maximum Gasteiger partial charge on any atom is 0.237 e. The molecule has 0 bridgehead atoms. The maximum atomic E-state index is 12.2. The number of nitrogens with one attached hydrogen (secondary N) is 2. The quantitative estimate of drug-likeness (QED) is 0.856. The lowest BCUT2D eigenvalue weighted by Gasteiger charge is -2.24. The van der Waals surface area contributed by atoms with Crippen molar-refractivity contribution in [2.75, 3.05) is 0 Å². The zero-order valence-corrected chi connectivity index (χ0v) is 11.1. The first-order valence-electron chi connectivity index (χ1n) is 7.06. The fraction of sp³-hybridized carbons (Fsp3) is 0.769. The monoisotopic (exact) mass is 264 g/mol. The molecule has 4 unspecified atom stereocenters. The van der Waals surface area contributed by atoms with E-state index in [9.17, 15) is 4.79 Å². The fourth-order valence-electron chi connectivity index (χ4n) is 3.27. The number of rotatable bonds is 3. The van der Waals surface area contributed by atoms with Crippen LogP contribution in [-0.4, -0.2) is 28.1 Å². The smallest absolute Gasteiger partial charge is 0.237 e. The van der Waals surface area contributed by atoms with E-state index in [0.29, 0.717) is 17.8 Å². The van der Waals surface area contributed by atoms with E-state index in [1.165, 1.54) is 32.1 Å². The zero-order valence-electron chi connectivity index (χ0n) is 11.1. The fourth-order valence-corrected chi connectivity index (χ4v) is 3.27. The van der Waals surface area contributed by atoms with Gasteiger partial charge in [0.05, 0.1) is 12.1 Å². The highest BCUT2D eigenvalue weighted by Gasteiger charge is 2.38. The molecule has 3 rings (SSSR count). The second-order valence-electron chi connectivity index (χ2n) is 5.63. The summed E-state index contributed by atoms with van der Waals surface area (Å²) in [5.74, 6) is 1.24. The van der Waals surface area contributed by atoms with Crippen LogP contribution in [0.3, 0.4) is 0 Å². The molecule has 0 radical (unpaired) electrons. The van der Waals surface area contributed by atoms with Gasteiger partial charge in [0.25, 0.3) is 0 Å². The second-order valence-corrected chi connectivity index (χ2v) is 5.63. The summed E-state index contributed by atoms with van der Waals surface area (Å²) in [5.41, 5.74) is 0. The molecule has 1 aliphatic carbocycles. The van der Waals surface area contributed by atoms with Crippen molar-refractivity contribution in [2.24, 2.45) is 5.92 Å². The molecule has 1 saturated heterocycles. The Hall–Kier alpha value is -1.43. The summed E-state index contributed by atoms with van der Waals surface area (Å²) >= 11 is 0. The minimum atomic E-state index is -0.212. The molecule has 1 aliphatic heterocycles. The van der Waals surface area contributed by atoms with E-state index >= 15 is 0 Å². The minimum Gasteiger partial charge on any atom is -0.345 e. The summed E-state index contributed by atoms with van der Waals surface area (Å²) in [6, 6.07) is 0.253. The predicted molar refractivity (Wildman–Crippen MR) is 68.1 cm³/mol. The lowest BCUT2D eigenvalue weighted by atomic mass is 9.85. The molecule has 1 saturated carbocycles. The Balaban J connectivity index is 1.56. The Morgan fingerprint density at radius 1 is 1.53 bits per heavy atom. The van der Waals surface area contributed by atoms with Crippen LogP contribution in [0.25, 0.3) is 0 Å². The first-order chi connectivity index (χ1) is 9.24. The molecule has 2 heterocycles. The van der Waals surface area contributed by atoms with Crippen molar-refractivity contribution in [2.45, 2.75) is 57.2 Å². The van der Waals surface area contributed by atoms with Crippen molar-refractivity contribution < 1.29 is 9.32 Å². The number of hydrogen-bond donors (Lipinski definition) is 2. The molecule has 1 aromatic heterocycles. The van der Waals surface area contributed by atoms with Gasteiger partial charge in [0, 0.05) is 6.04 Å². The molecule has 6 nitrogen and oxygen atoms in total. The molecule has 1 aromatic rings. The Morgan fingerprint density at radius 2 is 2.37 bits per heavy atom. The molecule has 0 aromatic carbocycles. The van der Waals surface area contributed by atoms with Crippen molar-refractivity contribution in [1.29, 1.82) is 0 Å². The van der Waals surface area contributed by atoms with Crippen LogP contribution in [0.15, 0.2) is 10.9 Å². The molecule has 6 heteroatoms. The average Bonchev–Trinajstić information content (AvgIpc) is 3.07. The predicted octanol–water partition coefficient (Wildman–Crippen LogP) is 1.17. The lowest BCUT2D eigenvalue weighted by molar-refractivity contribution is -0.123. The van der Waals surface area contributed by atoms with E-state index < -0.39 is 0 Å². The molecular weight excluding hydrogens is 244 g/mol. The third kappa shape index (κ3) is 2.63. The third-order valence-electron chi connectivity index (χ3n) is 4.30. The molecule has 4 atom stereocenters. The van der Waals surface area contributed by atoms with Gasteiger partial charge in [-0.2, -0.15) is 4.98 Å². The largest absolute Gasteiger partial charge is 0.345 e. The summed E-state index contributed by atoms with van der Waals surface area (Å²) in [6.45, 7) is 1.87. The van der Waals surface area contributed by atoms with Gasteiger partial charge in [-0.05, 0) is 32.1 Å². The Bertz CT molecular complexity index is 420. The maximum absolute atomic E-state index is 12.2. The minimum absolute atomic E-state index is 0.0479. The number of amides is 1. The normalized spacial score (nSPS) is 31.7. The summed E-state index contributed by atoms with van der Waals surface area (Å²) in [6.07, 6.45) is 7.27. The van der Waals surface area contributed by atoms with Gasteiger partial charge in [-0.1, -0.05) is 18.0 Å². The number of fused-ring (bicyclic) bond motifs is 1. The van der Waals surface area contributed by atoms with Crippen LogP contribution in [-0.2, 0) is 4.79 Å². The molecule has 104 valence electrons. The highest BCUT2D eigenvalue weighted by Crippen LogP contribution is 2.33. The van der Waals surface area contributed by atoms with Crippen molar-refractivity contribution in [1.82, 2.24) is 20.8 Å². The molecule has 1 amide bonds. The average molecular weight is 264 g/mol. The van der Waals surface area contributed by atoms with E-state index in [0.717, 1.165) is 6.42 Å². The Labute approximate surface area is 112 Å².